The third kappa shape index (κ3) is 4.75. The number of hydrogen-bond acceptors (Lipinski definition) is 6. The summed E-state index contributed by atoms with van der Waals surface area (Å²) >= 11 is 0. The number of hydroxylamine groups is 2. The molecule has 0 amide bonds. The second-order valence-electron chi connectivity index (χ2n) is 9.97. The van der Waals surface area contributed by atoms with Crippen LogP contribution in [-0.2, 0) is 17.1 Å². The summed E-state index contributed by atoms with van der Waals surface area (Å²) in [5.74, 6) is 0.132. The van der Waals surface area contributed by atoms with Crippen molar-refractivity contribution in [1.29, 1.82) is 0 Å². The monoisotopic (exact) mass is 667 g/mol. The Morgan fingerprint density at radius 2 is 0.943 bits per heavy atom. The van der Waals surface area contributed by atoms with E-state index in [1.54, 1.807) is 67.8 Å². The van der Waals surface area contributed by atoms with Gasteiger partial charge in [0, 0.05) is 94.7 Å². The Balaban J connectivity index is 0.000000608. The summed E-state index contributed by atoms with van der Waals surface area (Å²) in [5.41, 5.74) is -2.40. The van der Waals surface area contributed by atoms with Gasteiger partial charge < -0.3 is 54.3 Å². The van der Waals surface area contributed by atoms with E-state index in [2.05, 4.69) is 19.9 Å². The fraction of sp³-hybridized carbons (Fsp3) is 0.600. The Labute approximate surface area is 235 Å². The summed E-state index contributed by atoms with van der Waals surface area (Å²) in [6.45, 7) is 14.0. The van der Waals surface area contributed by atoms with Gasteiger partial charge in [0.2, 0.25) is 22.5 Å². The Hall–Kier alpha value is -1.96. The maximum absolute atomic E-state index is 12.1. The number of nitrogens with one attached hydrogen (secondary N) is 2. The van der Waals surface area contributed by atoms with Gasteiger partial charge in [0.05, 0.1) is 12.7 Å². The van der Waals surface area contributed by atoms with Crippen molar-refractivity contribution < 1.29 is 70.0 Å². The van der Waals surface area contributed by atoms with Gasteiger partial charge >= 0.3 is 11.7 Å². The maximum atomic E-state index is 12.1. The normalized spacial score (nSPS) is 20.9. The van der Waals surface area contributed by atoms with Crippen molar-refractivity contribution in [3.63, 3.8) is 0 Å². The molecule has 2 aromatic heterocycles. The molecule has 2 aliphatic heterocycles. The van der Waals surface area contributed by atoms with Gasteiger partial charge in [-0.3, -0.25) is 0 Å². The summed E-state index contributed by atoms with van der Waals surface area (Å²) in [6, 6.07) is 0. The molecule has 0 fully saturated rings. The molecule has 15 heteroatoms. The quantitative estimate of drug-likeness (QED) is 0.190. The van der Waals surface area contributed by atoms with Crippen molar-refractivity contribution in [3.05, 3.63) is 56.7 Å². The predicted molar refractivity (Wildman–Crippen MR) is 116 cm³/mol. The first-order valence-electron chi connectivity index (χ1n) is 10.2. The van der Waals surface area contributed by atoms with Crippen molar-refractivity contribution in [1.82, 2.24) is 19.9 Å². The Bertz CT molecular complexity index is 1050. The van der Waals surface area contributed by atoms with Crippen LogP contribution < -0.4 is 34.0 Å². The van der Waals surface area contributed by atoms with E-state index in [0.29, 0.717) is 11.4 Å². The number of aromatic amines is 2. The zero-order chi connectivity index (χ0) is 24.3. The second-order valence-corrected chi connectivity index (χ2v) is 9.97. The molecule has 12 nitrogen and oxygen atoms in total. The molecular weight excluding hydrogens is 640 g/mol. The van der Waals surface area contributed by atoms with Crippen LogP contribution in [-0.4, -0.2) is 72.8 Å². The average Bonchev–Trinajstić information content (AvgIpc) is 3.45. The molecule has 0 spiro atoms. The molecule has 4 heterocycles. The zero-order valence-corrected chi connectivity index (χ0v) is 24.8. The third-order valence-electron chi connectivity index (χ3n) is 7.25. The number of H-pyrrole nitrogens is 2. The number of amidine groups is 2. The molecule has 199 valence electrons. The number of halogens is 2. The van der Waals surface area contributed by atoms with Crippen LogP contribution in [0.15, 0.2) is 25.0 Å². The summed E-state index contributed by atoms with van der Waals surface area (Å²) in [7, 11) is 0. The van der Waals surface area contributed by atoms with E-state index in [1.807, 2.05) is 0 Å². The van der Waals surface area contributed by atoms with E-state index in [1.165, 1.54) is 12.7 Å². The number of hydrogen-bond donors (Lipinski definition) is 2. The van der Waals surface area contributed by atoms with Gasteiger partial charge in [0.15, 0.2) is 0 Å². The minimum atomic E-state index is -0.789. The van der Waals surface area contributed by atoms with E-state index in [-0.39, 0.29) is 62.7 Å². The summed E-state index contributed by atoms with van der Waals surface area (Å²) in [5, 5.41) is 24.3. The Kier molecular flexibility index (Phi) is 9.98. The van der Waals surface area contributed by atoms with Crippen LogP contribution in [0.1, 0.15) is 66.8 Å². The van der Waals surface area contributed by atoms with Crippen LogP contribution in [0.25, 0.3) is 0 Å². The molecule has 0 bridgehead atoms. The fourth-order valence-electron chi connectivity index (χ4n) is 3.40. The number of aromatic nitrogens is 4. The molecule has 0 unspecified atom stereocenters. The van der Waals surface area contributed by atoms with E-state index in [9.17, 15) is 20.2 Å². The van der Waals surface area contributed by atoms with Crippen molar-refractivity contribution in [2.24, 2.45) is 0 Å². The standard InChI is InChI=1S/2C10H15N4O2.2BrH.Cu/c2*1-9(2)10(3,4)14(16)8(13(9)15)7-5-11-6-12-7;;;/h2*5-6H,1-4H3,(H,11,12);2*1H;/q2*+1;;;/p-2. The van der Waals surface area contributed by atoms with E-state index in [0.717, 1.165) is 19.0 Å². The largest absolute Gasteiger partial charge is 1.00 e. The minimum absolute atomic E-state index is 0. The van der Waals surface area contributed by atoms with E-state index < -0.39 is 22.2 Å². The molecule has 0 saturated heterocycles. The molecule has 2 aromatic rings. The molecule has 0 saturated carbocycles. The van der Waals surface area contributed by atoms with Gasteiger partial charge in [0.25, 0.3) is 11.1 Å². The zero-order valence-electron chi connectivity index (χ0n) is 20.7. The van der Waals surface area contributed by atoms with Crippen molar-refractivity contribution in [3.8, 4) is 0 Å². The summed E-state index contributed by atoms with van der Waals surface area (Å²) in [6.07, 6.45) is 5.98. The topological polar surface area (TPSA) is 150 Å². The molecule has 35 heavy (non-hydrogen) atoms. The van der Waals surface area contributed by atoms with Crippen LogP contribution in [0, 0.1) is 20.2 Å². The first kappa shape index (κ1) is 33.0. The van der Waals surface area contributed by atoms with E-state index >= 15 is 0 Å². The summed E-state index contributed by atoms with van der Waals surface area (Å²) in [4.78, 5) is 37.7. The summed E-state index contributed by atoms with van der Waals surface area (Å²) < 4.78 is 2.98. The van der Waals surface area contributed by atoms with Gasteiger partial charge in [-0.2, -0.15) is 0 Å². The Morgan fingerprint density at radius 1 is 0.657 bits per heavy atom. The van der Waals surface area contributed by atoms with Gasteiger partial charge in [0.1, 0.15) is 9.52 Å². The van der Waals surface area contributed by atoms with Crippen molar-refractivity contribution in [2.45, 2.75) is 77.5 Å². The Morgan fingerprint density at radius 3 is 1.11 bits per heavy atom. The number of nitroso groups, excluding NO2 is 2. The van der Waals surface area contributed by atoms with Crippen molar-refractivity contribution >= 4 is 11.7 Å². The molecule has 4 rings (SSSR count). The van der Waals surface area contributed by atoms with Crippen LogP contribution >= 0.6 is 0 Å². The van der Waals surface area contributed by atoms with Gasteiger partial charge in [-0.15, -0.1) is 9.48 Å². The molecule has 0 aromatic carbocycles. The first-order chi connectivity index (χ1) is 14.6. The van der Waals surface area contributed by atoms with Crippen molar-refractivity contribution in [2.75, 3.05) is 0 Å². The predicted octanol–water partition coefficient (Wildman–Crippen LogP) is -3.96. The molecule has 2 N–H and O–H groups in total. The molecule has 1 radical (unpaired) electrons. The molecule has 0 atom stereocenters. The first-order valence-corrected chi connectivity index (χ1v) is 10.2. The maximum Gasteiger partial charge on any atom is 0.525 e. The number of rotatable bonds is 2. The van der Waals surface area contributed by atoms with Gasteiger partial charge in [-0.05, 0) is 0 Å². The van der Waals surface area contributed by atoms with E-state index in [4.69, 9.17) is 0 Å². The number of imidazole rings is 2. The van der Waals surface area contributed by atoms with Crippen LogP contribution in [0.4, 0.5) is 0 Å². The fourth-order valence-corrected chi connectivity index (χ4v) is 3.40. The number of nitrogens with zero attached hydrogens (tertiary/aromatic N) is 6. The third-order valence-corrected chi connectivity index (χ3v) is 7.25. The van der Waals surface area contributed by atoms with Gasteiger partial charge in [-0.25, -0.2) is 9.97 Å². The minimum Gasteiger partial charge on any atom is -1.00 e. The molecular formula is C20H30Br2CuN8O4. The van der Waals surface area contributed by atoms with Gasteiger partial charge in [-0.1, -0.05) is 0 Å². The van der Waals surface area contributed by atoms with Crippen LogP contribution in [0.3, 0.4) is 0 Å². The smallest absolute Gasteiger partial charge is 0.525 e. The molecule has 2 aliphatic rings. The molecule has 0 aliphatic carbocycles. The average molecular weight is 670 g/mol. The SMILES string of the molecule is CC1(C)[N+](=O)C(c2c[nH]cn2)=[N+]([O-])C1(C)C.CC1(C)[N+](=O)C(c2c[nH]cn2)=[N+]([O-])C1(C)C.[Br-].[Br-].[Cu]. The van der Waals surface area contributed by atoms with Crippen LogP contribution in [0.2, 0.25) is 0 Å². The second kappa shape index (κ2) is 10.6. The van der Waals surface area contributed by atoms with Crippen LogP contribution in [0.5, 0.6) is 0 Å².